The number of carbonyl (C=O) groups excluding carboxylic acids is 1. The van der Waals surface area contributed by atoms with Crippen molar-refractivity contribution < 1.29 is 9.53 Å². The van der Waals surface area contributed by atoms with E-state index in [-0.39, 0.29) is 5.69 Å². The molecular weight excluding hydrogens is 274 g/mol. The lowest BCUT2D eigenvalue weighted by Gasteiger charge is -2.00. The predicted octanol–water partition coefficient (Wildman–Crippen LogP) is 0.724. The summed E-state index contributed by atoms with van der Waals surface area (Å²) < 4.78 is 5.03. The molecule has 108 valence electrons. The van der Waals surface area contributed by atoms with Crippen LogP contribution in [-0.4, -0.2) is 23.0 Å². The molecule has 0 saturated carbocycles. The third-order valence-corrected chi connectivity index (χ3v) is 2.62. The maximum Gasteiger partial charge on any atom is 0.325 e. The Labute approximate surface area is 119 Å². The van der Waals surface area contributed by atoms with Gasteiger partial charge in [0.05, 0.1) is 7.11 Å². The summed E-state index contributed by atoms with van der Waals surface area (Å²) in [6.45, 7) is 0. The molecule has 7 nitrogen and oxygen atoms in total. The second-order valence-corrected chi connectivity index (χ2v) is 4.08. The Morgan fingerprint density at radius 2 is 1.95 bits per heavy atom. The van der Waals surface area contributed by atoms with Gasteiger partial charge in [-0.05, 0) is 23.8 Å². The lowest BCUT2D eigenvalue weighted by molar-refractivity contribution is -0.111. The Morgan fingerprint density at radius 1 is 1.24 bits per heavy atom. The molecule has 0 saturated heterocycles. The van der Waals surface area contributed by atoms with Crippen LogP contribution in [0.3, 0.4) is 0 Å². The van der Waals surface area contributed by atoms with E-state index in [2.05, 4.69) is 10.3 Å². The number of nitrogens with one attached hydrogen (secondary N) is 3. The van der Waals surface area contributed by atoms with Crippen molar-refractivity contribution in [2.45, 2.75) is 0 Å². The highest BCUT2D eigenvalue weighted by Crippen LogP contribution is 2.12. The fraction of sp³-hybridized carbons (Fsp3) is 0.0714. The van der Waals surface area contributed by atoms with E-state index in [9.17, 15) is 14.4 Å². The van der Waals surface area contributed by atoms with Crippen LogP contribution in [0.15, 0.2) is 46.1 Å². The molecule has 3 N–H and O–H groups in total. The fourth-order valence-electron chi connectivity index (χ4n) is 1.56. The lowest BCUT2D eigenvalue weighted by Crippen LogP contribution is -2.25. The highest BCUT2D eigenvalue weighted by atomic mass is 16.5. The third-order valence-electron chi connectivity index (χ3n) is 2.62. The zero-order chi connectivity index (χ0) is 15.2. The quantitative estimate of drug-likeness (QED) is 0.721. The summed E-state index contributed by atoms with van der Waals surface area (Å²) in [4.78, 5) is 38.2. The second-order valence-electron chi connectivity index (χ2n) is 4.08. The number of anilines is 1. The van der Waals surface area contributed by atoms with Crippen LogP contribution in [0, 0.1) is 0 Å². The lowest BCUT2D eigenvalue weighted by atomic mass is 10.2. The number of aromatic amines is 2. The van der Waals surface area contributed by atoms with Crippen LogP contribution in [0.1, 0.15) is 5.56 Å². The van der Waals surface area contributed by atoms with Gasteiger partial charge in [-0.25, -0.2) is 4.79 Å². The van der Waals surface area contributed by atoms with Crippen molar-refractivity contribution in [3.63, 3.8) is 0 Å². The molecule has 0 unspecified atom stereocenters. The van der Waals surface area contributed by atoms with Crippen molar-refractivity contribution in [2.75, 3.05) is 12.4 Å². The number of benzene rings is 1. The average Bonchev–Trinajstić information content (AvgIpc) is 2.48. The van der Waals surface area contributed by atoms with Gasteiger partial charge in [0.15, 0.2) is 0 Å². The molecule has 2 rings (SSSR count). The first-order valence-corrected chi connectivity index (χ1v) is 6.03. The van der Waals surface area contributed by atoms with E-state index in [1.807, 2.05) is 4.98 Å². The molecular formula is C14H13N3O4. The molecule has 7 heteroatoms. The summed E-state index contributed by atoms with van der Waals surface area (Å²) in [6.07, 6.45) is 4.02. The van der Waals surface area contributed by atoms with E-state index in [0.717, 1.165) is 17.5 Å². The Morgan fingerprint density at radius 3 is 2.57 bits per heavy atom. The average molecular weight is 287 g/mol. The topological polar surface area (TPSA) is 104 Å². The first-order valence-electron chi connectivity index (χ1n) is 6.03. The number of amides is 1. The van der Waals surface area contributed by atoms with Crippen LogP contribution in [0.4, 0.5) is 5.69 Å². The molecule has 0 aliphatic rings. The highest BCUT2D eigenvalue weighted by molar-refractivity contribution is 6.01. The Balaban J connectivity index is 2.05. The van der Waals surface area contributed by atoms with Gasteiger partial charge in [0, 0.05) is 12.3 Å². The second kappa shape index (κ2) is 6.38. The largest absolute Gasteiger partial charge is 0.497 e. The molecule has 0 atom stereocenters. The maximum absolute atomic E-state index is 11.7. The first-order chi connectivity index (χ1) is 10.1. The normalized spacial score (nSPS) is 10.5. The van der Waals surface area contributed by atoms with Crippen molar-refractivity contribution in [3.8, 4) is 5.75 Å². The van der Waals surface area contributed by atoms with Crippen LogP contribution in [0.25, 0.3) is 6.08 Å². The Kier molecular flexibility index (Phi) is 4.35. The highest BCUT2D eigenvalue weighted by Gasteiger charge is 2.02. The van der Waals surface area contributed by atoms with Crippen LogP contribution in [-0.2, 0) is 4.79 Å². The van der Waals surface area contributed by atoms with Gasteiger partial charge >= 0.3 is 5.69 Å². The molecule has 1 aromatic heterocycles. The van der Waals surface area contributed by atoms with Crippen LogP contribution in [0.5, 0.6) is 5.75 Å². The predicted molar refractivity (Wildman–Crippen MR) is 78.3 cm³/mol. The number of hydrogen-bond donors (Lipinski definition) is 3. The molecule has 0 spiro atoms. The van der Waals surface area contributed by atoms with Crippen LogP contribution >= 0.6 is 0 Å². The molecule has 1 amide bonds. The SMILES string of the molecule is COc1ccc(/C=C/C(=O)Nc2c[nH]c(=O)[nH]c2=O)cc1. The molecule has 0 aliphatic carbocycles. The molecule has 0 fully saturated rings. The molecule has 1 aromatic carbocycles. The summed E-state index contributed by atoms with van der Waals surface area (Å²) in [5.74, 6) is 0.236. The van der Waals surface area contributed by atoms with Gasteiger partial charge in [0.25, 0.3) is 5.56 Å². The zero-order valence-corrected chi connectivity index (χ0v) is 11.2. The summed E-state index contributed by atoms with van der Waals surface area (Å²) >= 11 is 0. The maximum atomic E-state index is 11.7. The van der Waals surface area contributed by atoms with E-state index >= 15 is 0 Å². The van der Waals surface area contributed by atoms with Gasteiger partial charge in [-0.3, -0.25) is 14.6 Å². The van der Waals surface area contributed by atoms with Gasteiger partial charge in [-0.1, -0.05) is 12.1 Å². The minimum absolute atomic E-state index is 0.0287. The van der Waals surface area contributed by atoms with E-state index in [4.69, 9.17) is 4.74 Å². The number of H-pyrrole nitrogens is 2. The Hall–Kier alpha value is -3.09. The van der Waals surface area contributed by atoms with Crippen LogP contribution in [0.2, 0.25) is 0 Å². The monoisotopic (exact) mass is 287 g/mol. The summed E-state index contributed by atoms with van der Waals surface area (Å²) in [5.41, 5.74) is -0.517. The molecule has 0 radical (unpaired) electrons. The Bertz CT molecular complexity index is 772. The molecule has 0 aliphatic heterocycles. The minimum atomic E-state index is -0.662. The zero-order valence-electron chi connectivity index (χ0n) is 11.2. The minimum Gasteiger partial charge on any atom is -0.497 e. The van der Waals surface area contributed by atoms with Crippen molar-refractivity contribution in [2.24, 2.45) is 0 Å². The van der Waals surface area contributed by atoms with Crippen molar-refractivity contribution in [1.29, 1.82) is 0 Å². The number of rotatable bonds is 4. The van der Waals surface area contributed by atoms with E-state index < -0.39 is 17.2 Å². The van der Waals surface area contributed by atoms with Crippen molar-refractivity contribution >= 4 is 17.7 Å². The van der Waals surface area contributed by atoms with E-state index in [0.29, 0.717) is 0 Å². The smallest absolute Gasteiger partial charge is 0.325 e. The van der Waals surface area contributed by atoms with Gasteiger partial charge in [-0.2, -0.15) is 0 Å². The number of carbonyl (C=O) groups is 1. The van der Waals surface area contributed by atoms with Gasteiger partial charge in [0.2, 0.25) is 5.91 Å². The number of hydrogen-bond acceptors (Lipinski definition) is 4. The van der Waals surface area contributed by atoms with Gasteiger partial charge < -0.3 is 15.0 Å². The third kappa shape index (κ3) is 3.93. The first kappa shape index (κ1) is 14.3. The van der Waals surface area contributed by atoms with Gasteiger partial charge in [-0.15, -0.1) is 0 Å². The summed E-state index contributed by atoms with van der Waals surface area (Å²) in [5, 5.41) is 2.37. The molecule has 0 bridgehead atoms. The van der Waals surface area contributed by atoms with Crippen molar-refractivity contribution in [1.82, 2.24) is 9.97 Å². The number of ether oxygens (including phenoxy) is 1. The number of methoxy groups -OCH3 is 1. The van der Waals surface area contributed by atoms with Crippen molar-refractivity contribution in [3.05, 3.63) is 62.9 Å². The van der Waals surface area contributed by atoms with Gasteiger partial charge in [0.1, 0.15) is 11.4 Å². The molecule has 1 heterocycles. The van der Waals surface area contributed by atoms with E-state index in [1.54, 1.807) is 37.5 Å². The fourth-order valence-corrected chi connectivity index (χ4v) is 1.56. The standard InChI is InChI=1S/C14H13N3O4/c1-21-10-5-2-9(3-6-10)4-7-12(18)16-11-8-15-14(20)17-13(11)19/h2-8H,1H3,(H,16,18)(H2,15,17,19,20)/b7-4+. The number of aromatic nitrogens is 2. The van der Waals surface area contributed by atoms with Crippen LogP contribution < -0.4 is 21.3 Å². The summed E-state index contributed by atoms with van der Waals surface area (Å²) in [7, 11) is 1.57. The molecule has 2 aromatic rings. The molecule has 21 heavy (non-hydrogen) atoms. The summed E-state index contributed by atoms with van der Waals surface area (Å²) in [6, 6.07) is 7.11. The van der Waals surface area contributed by atoms with E-state index in [1.165, 1.54) is 6.08 Å².